The Labute approximate surface area is 105 Å². The second kappa shape index (κ2) is 6.54. The average Bonchev–Trinajstić information content (AvgIpc) is 2.34. The lowest BCUT2D eigenvalue weighted by molar-refractivity contribution is -0.137. The third-order valence-electron chi connectivity index (χ3n) is 2.41. The molecule has 1 rings (SSSR count). The van der Waals surface area contributed by atoms with E-state index in [1.54, 1.807) is 24.3 Å². The average molecular weight is 249 g/mol. The lowest BCUT2D eigenvalue weighted by atomic mass is 10.1. The van der Waals surface area contributed by atoms with Crippen molar-refractivity contribution >= 4 is 17.7 Å². The monoisotopic (exact) mass is 249 g/mol. The molecule has 1 aromatic carbocycles. The highest BCUT2D eigenvalue weighted by molar-refractivity contribution is 5.97. The number of nitrogens with one attached hydrogen (secondary N) is 1. The summed E-state index contributed by atoms with van der Waals surface area (Å²) < 4.78 is 0. The second-order valence-electron chi connectivity index (χ2n) is 3.89. The van der Waals surface area contributed by atoms with Gasteiger partial charge in [0, 0.05) is 24.1 Å². The van der Waals surface area contributed by atoms with E-state index in [0.29, 0.717) is 24.1 Å². The van der Waals surface area contributed by atoms with Gasteiger partial charge in [0.15, 0.2) is 5.78 Å². The van der Waals surface area contributed by atoms with Crippen molar-refractivity contribution in [3.05, 3.63) is 35.4 Å². The summed E-state index contributed by atoms with van der Waals surface area (Å²) in [5.41, 5.74) is 1.01. The molecule has 1 amide bonds. The van der Waals surface area contributed by atoms with Gasteiger partial charge in [0.2, 0.25) is 0 Å². The number of hydrogen-bond donors (Lipinski definition) is 2. The molecule has 0 aliphatic rings. The van der Waals surface area contributed by atoms with Gasteiger partial charge in [-0.3, -0.25) is 14.4 Å². The van der Waals surface area contributed by atoms with Gasteiger partial charge in [-0.15, -0.1) is 0 Å². The molecule has 0 heterocycles. The van der Waals surface area contributed by atoms with Gasteiger partial charge in [-0.2, -0.15) is 0 Å². The Bertz CT molecular complexity index is 451. The van der Waals surface area contributed by atoms with Crippen LogP contribution in [0.3, 0.4) is 0 Å². The number of aliphatic carboxylic acids is 1. The van der Waals surface area contributed by atoms with Gasteiger partial charge in [-0.05, 0) is 25.5 Å². The van der Waals surface area contributed by atoms with E-state index in [0.717, 1.165) is 0 Å². The Morgan fingerprint density at radius 2 is 1.67 bits per heavy atom. The molecule has 96 valence electrons. The van der Waals surface area contributed by atoms with Gasteiger partial charge in [0.1, 0.15) is 0 Å². The maximum absolute atomic E-state index is 11.6. The number of benzene rings is 1. The smallest absolute Gasteiger partial charge is 0.303 e. The van der Waals surface area contributed by atoms with E-state index in [2.05, 4.69) is 5.32 Å². The topological polar surface area (TPSA) is 83.5 Å². The minimum atomic E-state index is -0.880. The van der Waals surface area contributed by atoms with Crippen LogP contribution in [0.2, 0.25) is 0 Å². The first-order valence-electron chi connectivity index (χ1n) is 5.61. The van der Waals surface area contributed by atoms with Crippen molar-refractivity contribution < 1.29 is 19.5 Å². The van der Waals surface area contributed by atoms with Crippen LogP contribution in [0.15, 0.2) is 24.3 Å². The summed E-state index contributed by atoms with van der Waals surface area (Å²) in [7, 11) is 0. The Morgan fingerprint density at radius 3 is 2.17 bits per heavy atom. The molecule has 2 N–H and O–H groups in total. The summed E-state index contributed by atoms with van der Waals surface area (Å²) in [6, 6.07) is 6.33. The first-order chi connectivity index (χ1) is 8.50. The number of carboxylic acid groups (broad SMARTS) is 1. The van der Waals surface area contributed by atoms with Crippen molar-refractivity contribution in [2.75, 3.05) is 6.54 Å². The highest BCUT2D eigenvalue weighted by Crippen LogP contribution is 2.05. The van der Waals surface area contributed by atoms with E-state index in [9.17, 15) is 14.4 Å². The lowest BCUT2D eigenvalue weighted by Gasteiger charge is -2.04. The summed E-state index contributed by atoms with van der Waals surface area (Å²) in [5, 5.41) is 11.0. The normalized spacial score (nSPS) is 9.83. The van der Waals surface area contributed by atoms with Crippen molar-refractivity contribution in [2.24, 2.45) is 0 Å². The first-order valence-corrected chi connectivity index (χ1v) is 5.61. The van der Waals surface area contributed by atoms with Crippen LogP contribution in [0.1, 0.15) is 40.5 Å². The third-order valence-corrected chi connectivity index (χ3v) is 2.41. The van der Waals surface area contributed by atoms with Crippen LogP contribution < -0.4 is 5.32 Å². The van der Waals surface area contributed by atoms with Crippen molar-refractivity contribution in [3.8, 4) is 0 Å². The molecule has 5 nitrogen and oxygen atoms in total. The van der Waals surface area contributed by atoms with E-state index in [-0.39, 0.29) is 18.1 Å². The molecule has 0 saturated carbocycles. The molecule has 0 bridgehead atoms. The molecule has 0 spiro atoms. The standard InChI is InChI=1S/C13H15NO4/c1-9(15)10-4-6-11(7-5-10)13(18)14-8-2-3-12(16)17/h4-7H,2-3,8H2,1H3,(H,14,18)(H,16,17). The molecule has 0 radical (unpaired) electrons. The van der Waals surface area contributed by atoms with E-state index in [1.807, 2.05) is 0 Å². The van der Waals surface area contributed by atoms with Crippen LogP contribution in [-0.4, -0.2) is 29.3 Å². The van der Waals surface area contributed by atoms with Crippen molar-refractivity contribution in [3.63, 3.8) is 0 Å². The Morgan fingerprint density at radius 1 is 1.11 bits per heavy atom. The van der Waals surface area contributed by atoms with Gasteiger partial charge in [-0.1, -0.05) is 12.1 Å². The molecule has 0 atom stereocenters. The van der Waals surface area contributed by atoms with E-state index in [1.165, 1.54) is 6.92 Å². The van der Waals surface area contributed by atoms with Gasteiger partial charge in [0.05, 0.1) is 0 Å². The van der Waals surface area contributed by atoms with Crippen molar-refractivity contribution in [2.45, 2.75) is 19.8 Å². The SMILES string of the molecule is CC(=O)c1ccc(C(=O)NCCCC(=O)O)cc1. The minimum absolute atomic E-state index is 0.0313. The zero-order valence-corrected chi connectivity index (χ0v) is 10.1. The Hall–Kier alpha value is -2.17. The highest BCUT2D eigenvalue weighted by atomic mass is 16.4. The van der Waals surface area contributed by atoms with Crippen LogP contribution in [0.5, 0.6) is 0 Å². The molecular weight excluding hydrogens is 234 g/mol. The van der Waals surface area contributed by atoms with Crippen LogP contribution >= 0.6 is 0 Å². The zero-order chi connectivity index (χ0) is 13.5. The Kier molecular flexibility index (Phi) is 5.05. The molecule has 0 fully saturated rings. The molecule has 0 aromatic heterocycles. The fourth-order valence-corrected chi connectivity index (χ4v) is 1.40. The zero-order valence-electron chi connectivity index (χ0n) is 10.1. The molecule has 1 aromatic rings. The van der Waals surface area contributed by atoms with Crippen LogP contribution in [0, 0.1) is 0 Å². The first kappa shape index (κ1) is 13.9. The summed E-state index contributed by atoms with van der Waals surface area (Å²) in [4.78, 5) is 32.9. The second-order valence-corrected chi connectivity index (χ2v) is 3.89. The third kappa shape index (κ3) is 4.37. The van der Waals surface area contributed by atoms with E-state index in [4.69, 9.17) is 5.11 Å². The fourth-order valence-electron chi connectivity index (χ4n) is 1.40. The Balaban J connectivity index is 2.46. The number of carbonyl (C=O) groups is 3. The number of Topliss-reactive ketones (excluding diaryl/α,β-unsaturated/α-hetero) is 1. The summed E-state index contributed by atoms with van der Waals surface area (Å²) in [6.45, 7) is 1.78. The van der Waals surface area contributed by atoms with Gasteiger partial charge in [0.25, 0.3) is 5.91 Å². The largest absolute Gasteiger partial charge is 0.481 e. The predicted molar refractivity (Wildman–Crippen MR) is 65.6 cm³/mol. The quantitative estimate of drug-likeness (QED) is 0.591. The molecule has 0 saturated heterocycles. The van der Waals surface area contributed by atoms with Crippen LogP contribution in [0.25, 0.3) is 0 Å². The van der Waals surface area contributed by atoms with Crippen molar-refractivity contribution in [1.29, 1.82) is 0 Å². The summed E-state index contributed by atoms with van der Waals surface area (Å²) in [5.74, 6) is -1.20. The maximum atomic E-state index is 11.6. The minimum Gasteiger partial charge on any atom is -0.481 e. The lowest BCUT2D eigenvalue weighted by Crippen LogP contribution is -2.24. The highest BCUT2D eigenvalue weighted by Gasteiger charge is 2.06. The molecule has 0 aliphatic heterocycles. The number of amides is 1. The molecule has 0 unspecified atom stereocenters. The number of carboxylic acids is 1. The van der Waals surface area contributed by atoms with Crippen molar-refractivity contribution in [1.82, 2.24) is 5.32 Å². The predicted octanol–water partition coefficient (Wildman–Crippen LogP) is 1.48. The fraction of sp³-hybridized carbons (Fsp3) is 0.308. The van der Waals surface area contributed by atoms with E-state index >= 15 is 0 Å². The van der Waals surface area contributed by atoms with Crippen LogP contribution in [0.4, 0.5) is 0 Å². The molecule has 5 heteroatoms. The van der Waals surface area contributed by atoms with Gasteiger partial charge >= 0.3 is 5.97 Å². The van der Waals surface area contributed by atoms with Gasteiger partial charge < -0.3 is 10.4 Å². The number of rotatable bonds is 6. The maximum Gasteiger partial charge on any atom is 0.303 e. The number of hydrogen-bond acceptors (Lipinski definition) is 3. The van der Waals surface area contributed by atoms with Gasteiger partial charge in [-0.25, -0.2) is 0 Å². The summed E-state index contributed by atoms with van der Waals surface area (Å²) >= 11 is 0. The molecule has 18 heavy (non-hydrogen) atoms. The van der Waals surface area contributed by atoms with Crippen LogP contribution in [-0.2, 0) is 4.79 Å². The number of carbonyl (C=O) groups excluding carboxylic acids is 2. The molecule has 0 aliphatic carbocycles. The van der Waals surface area contributed by atoms with E-state index < -0.39 is 5.97 Å². The number of ketones is 1. The molecular formula is C13H15NO4. The summed E-state index contributed by atoms with van der Waals surface area (Å²) in [6.07, 6.45) is 0.427.